The third kappa shape index (κ3) is 2.38. The van der Waals surface area contributed by atoms with Gasteiger partial charge >= 0.3 is 0 Å². The van der Waals surface area contributed by atoms with Gasteiger partial charge in [0.2, 0.25) is 0 Å². The predicted octanol–water partition coefficient (Wildman–Crippen LogP) is 4.63. The molecule has 1 fully saturated rings. The molecular formula is C18H17FO. The normalized spacial score (nSPS) is 14.9. The van der Waals surface area contributed by atoms with E-state index in [-0.39, 0.29) is 11.6 Å². The molecule has 1 aliphatic carbocycles. The van der Waals surface area contributed by atoms with Crippen molar-refractivity contribution in [3.8, 4) is 0 Å². The lowest BCUT2D eigenvalue weighted by Crippen LogP contribution is -2.10. The fourth-order valence-corrected chi connectivity index (χ4v) is 2.67. The molecule has 2 aromatic carbocycles. The minimum Gasteiger partial charge on any atom is -0.289 e. The van der Waals surface area contributed by atoms with E-state index >= 15 is 0 Å². The highest BCUT2D eigenvalue weighted by molar-refractivity contribution is 6.10. The summed E-state index contributed by atoms with van der Waals surface area (Å²) in [6.07, 6.45) is 3.68. The van der Waals surface area contributed by atoms with E-state index in [1.165, 1.54) is 37.0 Å². The Bertz CT molecular complexity index is 656. The van der Waals surface area contributed by atoms with Crippen LogP contribution in [0.1, 0.15) is 52.2 Å². The van der Waals surface area contributed by atoms with Gasteiger partial charge in [-0.2, -0.15) is 0 Å². The van der Waals surface area contributed by atoms with Gasteiger partial charge in [0.1, 0.15) is 5.82 Å². The number of carbonyl (C=O) groups is 1. The van der Waals surface area contributed by atoms with Crippen molar-refractivity contribution in [1.82, 2.24) is 0 Å². The predicted molar refractivity (Wildman–Crippen MR) is 77.6 cm³/mol. The van der Waals surface area contributed by atoms with Gasteiger partial charge in [-0.05, 0) is 55.0 Å². The van der Waals surface area contributed by atoms with Crippen molar-refractivity contribution in [3.63, 3.8) is 0 Å². The van der Waals surface area contributed by atoms with Crippen LogP contribution in [0.15, 0.2) is 42.5 Å². The average molecular weight is 268 g/mol. The molecule has 0 N–H and O–H groups in total. The van der Waals surface area contributed by atoms with Crippen LogP contribution in [-0.2, 0) is 0 Å². The Balaban J connectivity index is 1.95. The first-order valence-electron chi connectivity index (χ1n) is 7.06. The summed E-state index contributed by atoms with van der Waals surface area (Å²) in [7, 11) is 0. The molecule has 0 heterocycles. The van der Waals surface area contributed by atoms with Crippen molar-refractivity contribution < 1.29 is 9.18 Å². The minimum absolute atomic E-state index is 0.0943. The lowest BCUT2D eigenvalue weighted by Gasteiger charge is -2.26. The lowest BCUT2D eigenvalue weighted by molar-refractivity contribution is 0.103. The van der Waals surface area contributed by atoms with Crippen molar-refractivity contribution in [3.05, 3.63) is 70.5 Å². The maximum atomic E-state index is 13.3. The van der Waals surface area contributed by atoms with E-state index in [4.69, 9.17) is 0 Å². The second-order valence-electron chi connectivity index (χ2n) is 5.54. The standard InChI is InChI=1S/C18H17FO/c1-12-8-9-16(19)11-17(12)18(20)15-7-3-6-14(10-15)13-4-2-5-13/h3,6-11,13H,2,4-5H2,1H3. The zero-order chi connectivity index (χ0) is 14.1. The van der Waals surface area contributed by atoms with E-state index in [2.05, 4.69) is 6.07 Å². The van der Waals surface area contributed by atoms with Crippen molar-refractivity contribution in [1.29, 1.82) is 0 Å². The van der Waals surface area contributed by atoms with E-state index in [0.717, 1.165) is 5.56 Å². The summed E-state index contributed by atoms with van der Waals surface area (Å²) < 4.78 is 13.3. The summed E-state index contributed by atoms with van der Waals surface area (Å²) in [6, 6.07) is 12.2. The molecule has 0 saturated heterocycles. The Morgan fingerprint density at radius 1 is 1.15 bits per heavy atom. The van der Waals surface area contributed by atoms with Gasteiger partial charge in [0.15, 0.2) is 5.78 Å². The van der Waals surface area contributed by atoms with Crippen LogP contribution in [0.3, 0.4) is 0 Å². The molecule has 2 aromatic rings. The first-order valence-corrected chi connectivity index (χ1v) is 7.06. The number of hydrogen-bond donors (Lipinski definition) is 0. The summed E-state index contributed by atoms with van der Waals surface area (Å²) >= 11 is 0. The molecule has 1 aliphatic rings. The number of ketones is 1. The zero-order valence-corrected chi connectivity index (χ0v) is 11.5. The van der Waals surface area contributed by atoms with Gasteiger partial charge in [-0.25, -0.2) is 4.39 Å². The molecule has 0 spiro atoms. The Kier molecular flexibility index (Phi) is 3.39. The number of aryl methyl sites for hydroxylation is 1. The van der Waals surface area contributed by atoms with Crippen molar-refractivity contribution >= 4 is 5.78 Å². The summed E-state index contributed by atoms with van der Waals surface area (Å²) in [5.41, 5.74) is 3.15. The smallest absolute Gasteiger partial charge is 0.193 e. The van der Waals surface area contributed by atoms with Crippen LogP contribution in [0, 0.1) is 12.7 Å². The zero-order valence-electron chi connectivity index (χ0n) is 11.5. The van der Waals surface area contributed by atoms with Crippen LogP contribution in [0.4, 0.5) is 4.39 Å². The van der Waals surface area contributed by atoms with Gasteiger partial charge in [0.05, 0.1) is 0 Å². The second-order valence-corrected chi connectivity index (χ2v) is 5.54. The van der Waals surface area contributed by atoms with Gasteiger partial charge in [-0.3, -0.25) is 4.79 Å². The number of carbonyl (C=O) groups excluding carboxylic acids is 1. The fraction of sp³-hybridized carbons (Fsp3) is 0.278. The molecule has 0 amide bonds. The Morgan fingerprint density at radius 2 is 1.95 bits per heavy atom. The molecule has 0 bridgehead atoms. The van der Waals surface area contributed by atoms with E-state index < -0.39 is 0 Å². The topological polar surface area (TPSA) is 17.1 Å². The molecule has 0 unspecified atom stereocenters. The number of hydrogen-bond acceptors (Lipinski definition) is 1. The van der Waals surface area contributed by atoms with Gasteiger partial charge in [0.25, 0.3) is 0 Å². The van der Waals surface area contributed by atoms with Crippen LogP contribution >= 0.6 is 0 Å². The fourth-order valence-electron chi connectivity index (χ4n) is 2.67. The van der Waals surface area contributed by atoms with Crippen LogP contribution in [-0.4, -0.2) is 5.78 Å². The third-order valence-electron chi connectivity index (χ3n) is 4.17. The van der Waals surface area contributed by atoms with Gasteiger partial charge < -0.3 is 0 Å². The summed E-state index contributed by atoms with van der Waals surface area (Å²) in [5, 5.41) is 0. The highest BCUT2D eigenvalue weighted by Crippen LogP contribution is 2.36. The minimum atomic E-state index is -0.367. The van der Waals surface area contributed by atoms with Crippen LogP contribution in [0.5, 0.6) is 0 Å². The van der Waals surface area contributed by atoms with Crippen LogP contribution in [0.25, 0.3) is 0 Å². The van der Waals surface area contributed by atoms with Gasteiger partial charge in [0, 0.05) is 11.1 Å². The van der Waals surface area contributed by atoms with Crippen molar-refractivity contribution in [2.45, 2.75) is 32.1 Å². The molecule has 0 aromatic heterocycles. The van der Waals surface area contributed by atoms with Gasteiger partial charge in [-0.1, -0.05) is 30.7 Å². The molecule has 0 radical (unpaired) electrons. The SMILES string of the molecule is Cc1ccc(F)cc1C(=O)c1cccc(C2CCC2)c1. The van der Waals surface area contributed by atoms with Crippen molar-refractivity contribution in [2.75, 3.05) is 0 Å². The molecule has 102 valence electrons. The molecule has 1 saturated carbocycles. The molecule has 20 heavy (non-hydrogen) atoms. The van der Waals surface area contributed by atoms with Crippen LogP contribution in [0.2, 0.25) is 0 Å². The largest absolute Gasteiger partial charge is 0.289 e. The Hall–Kier alpha value is -1.96. The molecule has 0 aliphatic heterocycles. The van der Waals surface area contributed by atoms with E-state index in [1.807, 2.05) is 25.1 Å². The molecule has 1 nitrogen and oxygen atoms in total. The van der Waals surface area contributed by atoms with E-state index in [0.29, 0.717) is 17.0 Å². The molecular weight excluding hydrogens is 251 g/mol. The average Bonchev–Trinajstić information content (AvgIpc) is 2.39. The summed E-state index contributed by atoms with van der Waals surface area (Å²) in [5.74, 6) is 0.133. The molecule has 3 rings (SSSR count). The summed E-state index contributed by atoms with van der Waals surface area (Å²) in [6.45, 7) is 1.84. The molecule has 0 atom stereocenters. The Morgan fingerprint density at radius 3 is 2.65 bits per heavy atom. The lowest BCUT2D eigenvalue weighted by atomic mass is 9.79. The number of benzene rings is 2. The van der Waals surface area contributed by atoms with Crippen LogP contribution < -0.4 is 0 Å². The highest BCUT2D eigenvalue weighted by Gasteiger charge is 2.21. The number of halogens is 1. The quantitative estimate of drug-likeness (QED) is 0.741. The highest BCUT2D eigenvalue weighted by atomic mass is 19.1. The van der Waals surface area contributed by atoms with E-state index in [9.17, 15) is 9.18 Å². The second kappa shape index (κ2) is 5.20. The van der Waals surface area contributed by atoms with Gasteiger partial charge in [-0.15, -0.1) is 0 Å². The maximum absolute atomic E-state index is 13.3. The Labute approximate surface area is 118 Å². The first kappa shape index (κ1) is 13.0. The monoisotopic (exact) mass is 268 g/mol. The maximum Gasteiger partial charge on any atom is 0.193 e. The third-order valence-corrected chi connectivity index (χ3v) is 4.17. The molecule has 2 heteroatoms. The van der Waals surface area contributed by atoms with E-state index in [1.54, 1.807) is 6.07 Å². The number of rotatable bonds is 3. The van der Waals surface area contributed by atoms with Crippen molar-refractivity contribution in [2.24, 2.45) is 0 Å². The summed E-state index contributed by atoms with van der Waals surface area (Å²) in [4.78, 5) is 12.5. The first-order chi connectivity index (χ1) is 9.65.